The van der Waals surface area contributed by atoms with Gasteiger partial charge in [-0.1, -0.05) is 226 Å². The SMILES string of the molecule is CC1(C)c2ccccc2-c2ccc(N(c3ccc4c(c3)C(c3ccccc3)(c3ccccc3)c3ccccc3-4)c3cc4c5ccc(-c6ccccc6)c(-c6ccccc6)c5oc4c4ccccc34)cc21. The first-order valence-corrected chi connectivity index (χ1v) is 24.4. The van der Waals surface area contributed by atoms with Crippen LogP contribution in [0.15, 0.2) is 253 Å². The third-order valence-electron chi connectivity index (χ3n) is 15.5. The van der Waals surface area contributed by atoms with Gasteiger partial charge in [-0.05, 0) is 109 Å². The lowest BCUT2D eigenvalue weighted by atomic mass is 9.67. The van der Waals surface area contributed by atoms with Crippen LogP contribution in [0.2, 0.25) is 0 Å². The molecule has 0 bridgehead atoms. The van der Waals surface area contributed by atoms with Crippen LogP contribution in [0.3, 0.4) is 0 Å². The third kappa shape index (κ3) is 5.74. The number of fused-ring (bicyclic) bond motifs is 11. The van der Waals surface area contributed by atoms with Crippen LogP contribution in [0.4, 0.5) is 17.1 Å². The Kier molecular flexibility index (Phi) is 8.88. The summed E-state index contributed by atoms with van der Waals surface area (Å²) in [6, 6.07) is 91.7. The second-order valence-corrected chi connectivity index (χ2v) is 19.5. The van der Waals surface area contributed by atoms with E-state index in [0.29, 0.717) is 0 Å². The standard InChI is InChI=1S/C68H47NO/c1-67(2)59-33-19-17-29-51(59)53-37-35-48(41-61(53)67)69(49-36-38-54-52-30-18-20-34-60(52)68(62(54)42-49,46-25-11-5-12-26-46)47-27-13-6-14-28-47)63-43-58-57-40-39-50(44-21-7-3-8-22-44)64(45-23-9-4-10-24-45)66(57)70-65(58)56-32-16-15-31-55(56)63/h3-43H,1-2H3. The zero-order chi connectivity index (χ0) is 46.6. The molecule has 2 nitrogen and oxygen atoms in total. The predicted molar refractivity (Wildman–Crippen MR) is 292 cm³/mol. The molecule has 0 fully saturated rings. The van der Waals surface area contributed by atoms with Gasteiger partial charge in [-0.2, -0.15) is 0 Å². The molecule has 0 amide bonds. The van der Waals surface area contributed by atoms with E-state index < -0.39 is 5.41 Å². The van der Waals surface area contributed by atoms with Crippen molar-refractivity contribution in [3.63, 3.8) is 0 Å². The zero-order valence-electron chi connectivity index (χ0n) is 39.0. The molecule has 0 radical (unpaired) electrons. The van der Waals surface area contributed by atoms with Crippen molar-refractivity contribution in [3.05, 3.63) is 282 Å². The average molecular weight is 894 g/mol. The highest BCUT2D eigenvalue weighted by Gasteiger charge is 2.46. The molecule has 1 heterocycles. The summed E-state index contributed by atoms with van der Waals surface area (Å²) in [4.78, 5) is 2.53. The number of hydrogen-bond acceptors (Lipinski definition) is 2. The van der Waals surface area contributed by atoms with E-state index in [2.05, 4.69) is 267 Å². The van der Waals surface area contributed by atoms with E-state index in [9.17, 15) is 0 Å². The minimum atomic E-state index is -0.561. The van der Waals surface area contributed by atoms with Gasteiger partial charge >= 0.3 is 0 Å². The second-order valence-electron chi connectivity index (χ2n) is 19.5. The van der Waals surface area contributed by atoms with E-state index in [0.717, 1.165) is 72.0 Å². The van der Waals surface area contributed by atoms with E-state index in [1.165, 1.54) is 55.6 Å². The van der Waals surface area contributed by atoms with Crippen molar-refractivity contribution in [1.29, 1.82) is 0 Å². The van der Waals surface area contributed by atoms with Crippen LogP contribution in [0.5, 0.6) is 0 Å². The van der Waals surface area contributed by atoms with Crippen LogP contribution in [-0.4, -0.2) is 0 Å². The molecule has 0 aliphatic heterocycles. The topological polar surface area (TPSA) is 16.4 Å². The summed E-state index contributed by atoms with van der Waals surface area (Å²) >= 11 is 0. The number of furan rings is 1. The van der Waals surface area contributed by atoms with E-state index in [4.69, 9.17) is 4.42 Å². The predicted octanol–water partition coefficient (Wildman–Crippen LogP) is 18.2. The van der Waals surface area contributed by atoms with Crippen molar-refractivity contribution in [1.82, 2.24) is 0 Å². The van der Waals surface area contributed by atoms with Crippen molar-refractivity contribution in [3.8, 4) is 44.5 Å². The summed E-state index contributed by atoms with van der Waals surface area (Å²) in [6.07, 6.45) is 0. The molecule has 330 valence electrons. The highest BCUT2D eigenvalue weighted by atomic mass is 16.3. The molecular formula is C68H47NO. The summed E-state index contributed by atoms with van der Waals surface area (Å²) in [5.41, 5.74) is 21.7. The molecule has 11 aromatic carbocycles. The van der Waals surface area contributed by atoms with Crippen LogP contribution in [-0.2, 0) is 10.8 Å². The van der Waals surface area contributed by atoms with Crippen molar-refractivity contribution >= 4 is 49.8 Å². The lowest BCUT2D eigenvalue weighted by Gasteiger charge is -2.35. The molecule has 0 spiro atoms. The lowest BCUT2D eigenvalue weighted by molar-refractivity contribution is 0.660. The number of anilines is 3. The maximum absolute atomic E-state index is 7.29. The summed E-state index contributed by atoms with van der Waals surface area (Å²) in [6.45, 7) is 4.75. The Hall–Kier alpha value is -8.72. The van der Waals surface area contributed by atoms with E-state index in [1.54, 1.807) is 0 Å². The van der Waals surface area contributed by atoms with Gasteiger partial charge < -0.3 is 9.32 Å². The van der Waals surface area contributed by atoms with Gasteiger partial charge in [0.15, 0.2) is 0 Å². The fraction of sp³-hybridized carbons (Fsp3) is 0.0588. The van der Waals surface area contributed by atoms with Crippen LogP contribution >= 0.6 is 0 Å². The fourth-order valence-electron chi connectivity index (χ4n) is 12.4. The van der Waals surface area contributed by atoms with Gasteiger partial charge in [-0.3, -0.25) is 0 Å². The molecule has 0 atom stereocenters. The minimum absolute atomic E-state index is 0.194. The van der Waals surface area contributed by atoms with Gasteiger partial charge in [-0.15, -0.1) is 0 Å². The van der Waals surface area contributed by atoms with Gasteiger partial charge in [0, 0.05) is 43.9 Å². The molecule has 2 aliphatic carbocycles. The summed E-state index contributed by atoms with van der Waals surface area (Å²) in [5, 5.41) is 4.35. The summed E-state index contributed by atoms with van der Waals surface area (Å²) in [7, 11) is 0. The van der Waals surface area contributed by atoms with Crippen molar-refractivity contribution in [2.24, 2.45) is 0 Å². The molecule has 0 N–H and O–H groups in total. The summed E-state index contributed by atoms with van der Waals surface area (Å²) < 4.78 is 7.29. The highest BCUT2D eigenvalue weighted by molar-refractivity contribution is 6.22. The maximum Gasteiger partial charge on any atom is 0.143 e. The molecule has 14 rings (SSSR count). The smallest absolute Gasteiger partial charge is 0.143 e. The molecule has 0 saturated heterocycles. The average Bonchev–Trinajstić information content (AvgIpc) is 4.03. The number of benzene rings is 11. The molecule has 1 aromatic heterocycles. The molecule has 70 heavy (non-hydrogen) atoms. The lowest BCUT2D eigenvalue weighted by Crippen LogP contribution is -2.28. The van der Waals surface area contributed by atoms with Crippen molar-refractivity contribution in [2.75, 3.05) is 4.90 Å². The second kappa shape index (κ2) is 15.4. The zero-order valence-corrected chi connectivity index (χ0v) is 39.0. The summed E-state index contributed by atoms with van der Waals surface area (Å²) in [5.74, 6) is 0. The van der Waals surface area contributed by atoms with E-state index in [-0.39, 0.29) is 5.41 Å². The van der Waals surface area contributed by atoms with Gasteiger partial charge in [0.2, 0.25) is 0 Å². The number of rotatable bonds is 7. The van der Waals surface area contributed by atoms with Gasteiger partial charge in [0.05, 0.1) is 11.1 Å². The van der Waals surface area contributed by atoms with Crippen LogP contribution < -0.4 is 4.90 Å². The van der Waals surface area contributed by atoms with Crippen LogP contribution in [0.1, 0.15) is 47.2 Å². The normalized spacial score (nSPS) is 13.8. The Bertz CT molecular complexity index is 3980. The number of hydrogen-bond donors (Lipinski definition) is 0. The molecule has 0 saturated carbocycles. The van der Waals surface area contributed by atoms with Crippen LogP contribution in [0, 0.1) is 0 Å². The number of nitrogens with zero attached hydrogens (tertiary/aromatic N) is 1. The quantitative estimate of drug-likeness (QED) is 0.158. The Balaban J connectivity index is 1.08. The first-order valence-electron chi connectivity index (χ1n) is 24.4. The molecule has 2 heteroatoms. The Labute approximate surface area is 408 Å². The Morgan fingerprint density at radius 2 is 0.800 bits per heavy atom. The Morgan fingerprint density at radius 1 is 0.329 bits per heavy atom. The van der Waals surface area contributed by atoms with Gasteiger partial charge in [0.25, 0.3) is 0 Å². The van der Waals surface area contributed by atoms with Gasteiger partial charge in [0.1, 0.15) is 11.2 Å². The first-order chi connectivity index (χ1) is 34.5. The molecule has 12 aromatic rings. The Morgan fingerprint density at radius 3 is 1.46 bits per heavy atom. The first kappa shape index (κ1) is 40.4. The highest BCUT2D eigenvalue weighted by Crippen LogP contribution is 2.58. The van der Waals surface area contributed by atoms with Crippen molar-refractivity contribution in [2.45, 2.75) is 24.7 Å². The minimum Gasteiger partial charge on any atom is -0.455 e. The van der Waals surface area contributed by atoms with E-state index in [1.807, 2.05) is 0 Å². The van der Waals surface area contributed by atoms with Crippen LogP contribution in [0.25, 0.3) is 77.2 Å². The van der Waals surface area contributed by atoms with Crippen molar-refractivity contribution < 1.29 is 4.42 Å². The molecular weight excluding hydrogens is 847 g/mol. The molecule has 0 unspecified atom stereocenters. The maximum atomic E-state index is 7.29. The van der Waals surface area contributed by atoms with E-state index >= 15 is 0 Å². The van der Waals surface area contributed by atoms with Gasteiger partial charge in [-0.25, -0.2) is 0 Å². The monoisotopic (exact) mass is 893 g/mol. The fourth-order valence-corrected chi connectivity index (χ4v) is 12.4. The molecule has 2 aliphatic rings. The largest absolute Gasteiger partial charge is 0.455 e. The third-order valence-corrected chi connectivity index (χ3v) is 15.5.